The molecule has 1 aliphatic rings. The maximum atomic E-state index is 13.7. The standard InChI is InChI=1S/C26H30INO2/c1-4-18(2)15-25(30-3)24(27)17-23(20-11-13-28-14-12-20)26(29)22-10-9-19-7-5-6-8-21(19)16-22/h4-10,15-16,20,23,28H,1,11-14,17H2,2-3H3/b18-15-,25-24+. The SMILES string of the molecule is C=C/C(C)=C\C(OC)=C(/I)CC(C(=O)c1ccc2ccccc2c1)C1CCNCC1. The van der Waals surface area contributed by atoms with Crippen molar-refractivity contribution in [3.63, 3.8) is 0 Å². The number of piperidine rings is 1. The van der Waals surface area contributed by atoms with E-state index in [9.17, 15) is 4.79 Å². The minimum absolute atomic E-state index is 0.0530. The van der Waals surface area contributed by atoms with E-state index in [4.69, 9.17) is 4.74 Å². The van der Waals surface area contributed by atoms with Crippen LogP contribution in [0.2, 0.25) is 0 Å². The van der Waals surface area contributed by atoms with E-state index >= 15 is 0 Å². The first-order valence-corrected chi connectivity index (χ1v) is 11.6. The van der Waals surface area contributed by atoms with Crippen LogP contribution in [0.25, 0.3) is 10.8 Å². The molecule has 0 aromatic heterocycles. The van der Waals surface area contributed by atoms with E-state index in [1.54, 1.807) is 7.11 Å². The Morgan fingerprint density at radius 3 is 2.60 bits per heavy atom. The molecule has 30 heavy (non-hydrogen) atoms. The third-order valence-electron chi connectivity index (χ3n) is 5.89. The number of fused-ring (bicyclic) bond motifs is 1. The van der Waals surface area contributed by atoms with E-state index in [1.807, 2.05) is 43.3 Å². The van der Waals surface area contributed by atoms with Gasteiger partial charge in [0.05, 0.1) is 7.11 Å². The summed E-state index contributed by atoms with van der Waals surface area (Å²) in [5, 5.41) is 5.69. The average Bonchev–Trinajstić information content (AvgIpc) is 2.80. The van der Waals surface area contributed by atoms with Gasteiger partial charge in [-0.15, -0.1) is 0 Å². The van der Waals surface area contributed by atoms with Crippen LogP contribution >= 0.6 is 22.6 Å². The first-order chi connectivity index (χ1) is 14.5. The van der Waals surface area contributed by atoms with E-state index < -0.39 is 0 Å². The molecule has 0 spiro atoms. The largest absolute Gasteiger partial charge is 0.496 e. The van der Waals surface area contributed by atoms with Crippen molar-refractivity contribution in [2.45, 2.75) is 26.2 Å². The smallest absolute Gasteiger partial charge is 0.166 e. The molecule has 2 aromatic carbocycles. The molecule has 1 fully saturated rings. The predicted molar refractivity (Wildman–Crippen MR) is 134 cm³/mol. The Morgan fingerprint density at radius 1 is 1.23 bits per heavy atom. The van der Waals surface area contributed by atoms with E-state index in [1.165, 1.54) is 0 Å². The number of Topliss-reactive ketones (excluding diaryl/α,β-unsaturated/α-hetero) is 1. The van der Waals surface area contributed by atoms with Crippen molar-refractivity contribution in [1.29, 1.82) is 0 Å². The van der Waals surface area contributed by atoms with E-state index in [-0.39, 0.29) is 11.7 Å². The van der Waals surface area contributed by atoms with Gasteiger partial charge in [0.15, 0.2) is 5.78 Å². The molecule has 0 aliphatic carbocycles. The Hall–Kier alpha value is -1.92. The fraction of sp³-hybridized carbons (Fsp3) is 0.346. The molecule has 1 N–H and O–H groups in total. The molecule has 0 saturated carbocycles. The molecule has 4 heteroatoms. The zero-order valence-electron chi connectivity index (χ0n) is 17.8. The lowest BCUT2D eigenvalue weighted by Gasteiger charge is -2.30. The third kappa shape index (κ3) is 5.61. The molecule has 0 amide bonds. The highest BCUT2D eigenvalue weighted by Crippen LogP contribution is 2.35. The van der Waals surface area contributed by atoms with E-state index in [0.29, 0.717) is 12.3 Å². The predicted octanol–water partition coefficient (Wildman–Crippen LogP) is 6.45. The normalized spacial score (nSPS) is 17.4. The number of halogens is 1. The van der Waals surface area contributed by atoms with Gasteiger partial charge in [-0.25, -0.2) is 0 Å². The van der Waals surface area contributed by atoms with Crippen molar-refractivity contribution in [1.82, 2.24) is 5.32 Å². The molecule has 0 radical (unpaired) electrons. The molecule has 0 bridgehead atoms. The number of allylic oxidation sites excluding steroid dienone is 4. The lowest BCUT2D eigenvalue weighted by atomic mass is 9.78. The number of ether oxygens (including phenoxy) is 1. The highest BCUT2D eigenvalue weighted by molar-refractivity contribution is 14.1. The van der Waals surface area contributed by atoms with Crippen molar-refractivity contribution in [2.24, 2.45) is 11.8 Å². The van der Waals surface area contributed by atoms with Gasteiger partial charge in [0.25, 0.3) is 0 Å². The number of carbonyl (C=O) groups excluding carboxylic acids is 1. The minimum atomic E-state index is -0.0530. The molecule has 158 valence electrons. The van der Waals surface area contributed by atoms with Crippen LogP contribution < -0.4 is 5.32 Å². The number of hydrogen-bond acceptors (Lipinski definition) is 3. The van der Waals surface area contributed by atoms with Crippen LogP contribution in [0.1, 0.15) is 36.5 Å². The average molecular weight is 515 g/mol. The second-order valence-electron chi connectivity index (χ2n) is 7.89. The number of nitrogens with one attached hydrogen (secondary N) is 1. The molecular formula is C26H30INO2. The lowest BCUT2D eigenvalue weighted by Crippen LogP contribution is -2.35. The number of carbonyl (C=O) groups is 1. The van der Waals surface area contributed by atoms with Crippen LogP contribution in [0.5, 0.6) is 0 Å². The van der Waals surface area contributed by atoms with Crippen LogP contribution in [0.3, 0.4) is 0 Å². The molecular weight excluding hydrogens is 485 g/mol. The van der Waals surface area contributed by atoms with Crippen molar-refractivity contribution in [3.05, 3.63) is 81.7 Å². The van der Waals surface area contributed by atoms with Crippen LogP contribution in [-0.4, -0.2) is 26.0 Å². The van der Waals surface area contributed by atoms with Crippen LogP contribution in [0.15, 0.2) is 76.1 Å². The van der Waals surface area contributed by atoms with Crippen LogP contribution in [-0.2, 0) is 4.74 Å². The Morgan fingerprint density at radius 2 is 1.93 bits per heavy atom. The highest BCUT2D eigenvalue weighted by Gasteiger charge is 2.31. The van der Waals surface area contributed by atoms with Gasteiger partial charge in [-0.3, -0.25) is 4.79 Å². The zero-order valence-corrected chi connectivity index (χ0v) is 19.9. The molecule has 1 heterocycles. The Bertz CT molecular complexity index is 970. The summed E-state index contributed by atoms with van der Waals surface area (Å²) in [6.07, 6.45) is 6.55. The first-order valence-electron chi connectivity index (χ1n) is 10.5. The monoisotopic (exact) mass is 515 g/mol. The number of ketones is 1. The number of benzene rings is 2. The van der Waals surface area contributed by atoms with Gasteiger partial charge in [0.1, 0.15) is 5.76 Å². The lowest BCUT2D eigenvalue weighted by molar-refractivity contribution is 0.0851. The molecule has 1 aliphatic heterocycles. The van der Waals surface area contributed by atoms with Gasteiger partial charge in [0, 0.05) is 15.1 Å². The Labute approximate surface area is 193 Å². The molecule has 1 saturated heterocycles. The number of rotatable bonds is 8. The van der Waals surface area contributed by atoms with Crippen molar-refractivity contribution < 1.29 is 9.53 Å². The summed E-state index contributed by atoms with van der Waals surface area (Å²) in [5.41, 5.74) is 1.85. The Kier molecular flexibility index (Phi) is 8.28. The zero-order chi connectivity index (χ0) is 21.5. The van der Waals surface area contributed by atoms with Gasteiger partial charge in [-0.2, -0.15) is 0 Å². The van der Waals surface area contributed by atoms with Crippen LogP contribution in [0, 0.1) is 11.8 Å². The fourth-order valence-corrected chi connectivity index (χ4v) is 4.93. The Balaban J connectivity index is 1.94. The van der Waals surface area contributed by atoms with Crippen molar-refractivity contribution in [3.8, 4) is 0 Å². The van der Waals surface area contributed by atoms with Gasteiger partial charge in [-0.1, -0.05) is 49.1 Å². The molecule has 1 atom stereocenters. The summed E-state index contributed by atoms with van der Waals surface area (Å²) in [5.74, 6) is 1.38. The van der Waals surface area contributed by atoms with Gasteiger partial charge >= 0.3 is 0 Å². The van der Waals surface area contributed by atoms with E-state index in [0.717, 1.165) is 57.2 Å². The molecule has 2 aromatic rings. The quantitative estimate of drug-likeness (QED) is 0.190. The summed E-state index contributed by atoms with van der Waals surface area (Å²) in [6, 6.07) is 14.3. The summed E-state index contributed by atoms with van der Waals surface area (Å²) in [4.78, 5) is 13.7. The summed E-state index contributed by atoms with van der Waals surface area (Å²) in [6.45, 7) is 7.77. The second-order valence-corrected chi connectivity index (χ2v) is 9.19. The first kappa shape index (κ1) is 22.8. The van der Waals surface area contributed by atoms with Crippen molar-refractivity contribution >= 4 is 39.1 Å². The summed E-state index contributed by atoms with van der Waals surface area (Å²) < 4.78 is 6.72. The number of methoxy groups -OCH3 is 1. The summed E-state index contributed by atoms with van der Waals surface area (Å²) in [7, 11) is 1.69. The van der Waals surface area contributed by atoms with Crippen LogP contribution in [0.4, 0.5) is 0 Å². The van der Waals surface area contributed by atoms with Crippen molar-refractivity contribution in [2.75, 3.05) is 20.2 Å². The topological polar surface area (TPSA) is 38.3 Å². The maximum absolute atomic E-state index is 13.7. The summed E-state index contributed by atoms with van der Waals surface area (Å²) >= 11 is 2.34. The highest BCUT2D eigenvalue weighted by atomic mass is 127. The maximum Gasteiger partial charge on any atom is 0.166 e. The fourth-order valence-electron chi connectivity index (χ4n) is 4.08. The number of hydrogen-bond donors (Lipinski definition) is 1. The van der Waals surface area contributed by atoms with E-state index in [2.05, 4.69) is 52.7 Å². The minimum Gasteiger partial charge on any atom is -0.496 e. The third-order valence-corrected chi connectivity index (χ3v) is 6.86. The molecule has 3 nitrogen and oxygen atoms in total. The van der Waals surface area contributed by atoms with Gasteiger partial charge in [0.2, 0.25) is 0 Å². The van der Waals surface area contributed by atoms with Gasteiger partial charge in [-0.05, 0) is 96.3 Å². The molecule has 3 rings (SSSR count). The second kappa shape index (κ2) is 10.9. The molecule has 1 unspecified atom stereocenters. The van der Waals surface area contributed by atoms with Gasteiger partial charge < -0.3 is 10.1 Å².